The highest BCUT2D eigenvalue weighted by Gasteiger charge is 2.54. The first kappa shape index (κ1) is 30.0. The van der Waals surface area contributed by atoms with Gasteiger partial charge in [0.15, 0.2) is 11.6 Å². The summed E-state index contributed by atoms with van der Waals surface area (Å²) in [6.45, 7) is 5.03. The predicted octanol–water partition coefficient (Wildman–Crippen LogP) is 3.71. The number of methoxy groups -OCH3 is 2. The minimum atomic E-state index is -1.25. The van der Waals surface area contributed by atoms with Gasteiger partial charge in [0, 0.05) is 24.4 Å². The molecule has 6 rings (SSSR count). The fourth-order valence-corrected chi connectivity index (χ4v) is 5.71. The van der Waals surface area contributed by atoms with Gasteiger partial charge in [-0.2, -0.15) is 0 Å². The Balaban J connectivity index is 1.38. The number of amides is 1. The number of pyridine rings is 1. The normalized spacial score (nSPS) is 19.6. The lowest BCUT2D eigenvalue weighted by Crippen LogP contribution is -2.60. The number of nitrogens with zero attached hydrogens (tertiary/aromatic N) is 6. The molecule has 1 fully saturated rings. The number of rotatable bonds is 6. The smallest absolute Gasteiger partial charge is 0.313 e. The van der Waals surface area contributed by atoms with Gasteiger partial charge < -0.3 is 23.8 Å². The molecular formula is C32H34N6O7. The van der Waals surface area contributed by atoms with E-state index in [1.165, 1.54) is 19.1 Å². The second kappa shape index (κ2) is 11.5. The average molecular weight is 615 g/mol. The summed E-state index contributed by atoms with van der Waals surface area (Å²) < 4.78 is 22.9. The number of aryl methyl sites for hydroxylation is 1. The van der Waals surface area contributed by atoms with E-state index in [0.717, 1.165) is 10.4 Å². The van der Waals surface area contributed by atoms with Gasteiger partial charge in [-0.25, -0.2) is 4.98 Å². The molecule has 0 N–H and O–H groups in total. The molecule has 2 atom stereocenters. The summed E-state index contributed by atoms with van der Waals surface area (Å²) in [5.74, 6) is 0.160. The second-order valence-electron chi connectivity index (χ2n) is 12.1. The topological polar surface area (TPSA) is 148 Å². The Kier molecular flexibility index (Phi) is 7.63. The van der Waals surface area contributed by atoms with Crippen LogP contribution < -0.4 is 14.2 Å². The van der Waals surface area contributed by atoms with Crippen LogP contribution >= 0.6 is 0 Å². The molecule has 0 saturated carbocycles. The number of Topliss-reactive ketones (excluding diaryl/α,β-unsaturated/α-hetero) is 1. The zero-order chi connectivity index (χ0) is 31.9. The van der Waals surface area contributed by atoms with E-state index in [2.05, 4.69) is 20.4 Å². The highest BCUT2D eigenvalue weighted by molar-refractivity contribution is 6.03. The summed E-state index contributed by atoms with van der Waals surface area (Å²) in [5, 5.41) is 13.2. The number of ether oxygens (including phenoxy) is 4. The number of hydrogen-bond acceptors (Lipinski definition) is 11. The van der Waals surface area contributed by atoms with Gasteiger partial charge in [0.25, 0.3) is 5.91 Å². The number of carbonyl (C=O) groups excluding carboxylic acids is 3. The number of ketones is 1. The molecule has 2 aliphatic rings. The third-order valence-corrected chi connectivity index (χ3v) is 8.16. The van der Waals surface area contributed by atoms with Crippen molar-refractivity contribution in [2.45, 2.75) is 58.4 Å². The third kappa shape index (κ3) is 5.42. The van der Waals surface area contributed by atoms with Crippen molar-refractivity contribution in [2.75, 3.05) is 20.8 Å². The number of likely N-dealkylation sites (tertiary alicyclic amines) is 1. The molecule has 1 saturated heterocycles. The van der Waals surface area contributed by atoms with Crippen LogP contribution in [0, 0.1) is 5.41 Å². The monoisotopic (exact) mass is 614 g/mol. The SMILES string of the molecule is COc1cc(C(=O)N2CCC3(CCc4ccccc4O3)C(=O)C2c2nnn(COC(=O)C(C)(C)C)n2)nc2c(OC)cccc12. The Labute approximate surface area is 259 Å². The highest BCUT2D eigenvalue weighted by Crippen LogP contribution is 2.43. The van der Waals surface area contributed by atoms with Crippen molar-refractivity contribution < 1.29 is 33.3 Å². The van der Waals surface area contributed by atoms with Crippen molar-refractivity contribution in [3.8, 4) is 17.2 Å². The quantitative estimate of drug-likeness (QED) is 0.293. The van der Waals surface area contributed by atoms with Crippen molar-refractivity contribution in [3.63, 3.8) is 0 Å². The zero-order valence-corrected chi connectivity index (χ0v) is 25.8. The molecule has 0 aliphatic carbocycles. The van der Waals surface area contributed by atoms with Crippen LogP contribution in [0.5, 0.6) is 17.2 Å². The van der Waals surface area contributed by atoms with Gasteiger partial charge in [-0.05, 0) is 62.6 Å². The maximum atomic E-state index is 14.5. The van der Waals surface area contributed by atoms with E-state index in [4.69, 9.17) is 18.9 Å². The number of para-hydroxylation sites is 2. The molecular weight excluding hydrogens is 580 g/mol. The van der Waals surface area contributed by atoms with E-state index >= 15 is 0 Å². The van der Waals surface area contributed by atoms with Gasteiger partial charge in [-0.1, -0.05) is 24.3 Å². The lowest BCUT2D eigenvalue weighted by molar-refractivity contribution is -0.158. The number of piperidine rings is 1. The largest absolute Gasteiger partial charge is 0.496 e. The van der Waals surface area contributed by atoms with E-state index in [9.17, 15) is 14.4 Å². The molecule has 2 aromatic carbocycles. The minimum absolute atomic E-state index is 0.0213. The molecule has 4 heterocycles. The van der Waals surface area contributed by atoms with Gasteiger partial charge in [0.2, 0.25) is 18.3 Å². The molecule has 0 radical (unpaired) electrons. The summed E-state index contributed by atoms with van der Waals surface area (Å²) in [5.41, 5.74) is -0.423. The summed E-state index contributed by atoms with van der Waals surface area (Å²) in [6, 6.07) is 13.3. The Hall–Kier alpha value is -5.07. The van der Waals surface area contributed by atoms with Crippen LogP contribution in [-0.4, -0.2) is 74.1 Å². The van der Waals surface area contributed by atoms with Crippen molar-refractivity contribution in [1.82, 2.24) is 30.1 Å². The first-order valence-electron chi connectivity index (χ1n) is 14.6. The predicted molar refractivity (Wildman–Crippen MR) is 160 cm³/mol. The lowest BCUT2D eigenvalue weighted by Gasteiger charge is -2.45. The zero-order valence-electron chi connectivity index (χ0n) is 25.8. The number of aromatic nitrogens is 5. The molecule has 13 nitrogen and oxygen atoms in total. The van der Waals surface area contributed by atoms with Gasteiger partial charge in [-0.15, -0.1) is 15.0 Å². The van der Waals surface area contributed by atoms with Gasteiger partial charge in [-0.3, -0.25) is 14.4 Å². The summed E-state index contributed by atoms with van der Waals surface area (Å²) >= 11 is 0. The van der Waals surface area contributed by atoms with Gasteiger partial charge >= 0.3 is 5.97 Å². The number of benzene rings is 2. The number of esters is 1. The van der Waals surface area contributed by atoms with E-state index in [-0.39, 0.29) is 37.0 Å². The molecule has 2 aliphatic heterocycles. The minimum Gasteiger partial charge on any atom is -0.496 e. The number of tetrazole rings is 1. The summed E-state index contributed by atoms with van der Waals surface area (Å²) in [4.78, 5) is 48.2. The molecule has 4 aromatic rings. The molecule has 13 heteroatoms. The first-order valence-corrected chi connectivity index (χ1v) is 14.6. The molecule has 1 spiro atoms. The van der Waals surface area contributed by atoms with Crippen LogP contribution in [0.25, 0.3) is 10.9 Å². The fraction of sp³-hybridized carbons (Fsp3) is 0.406. The van der Waals surface area contributed by atoms with Gasteiger partial charge in [0.05, 0.1) is 19.6 Å². The van der Waals surface area contributed by atoms with Crippen LogP contribution in [0.1, 0.15) is 61.5 Å². The van der Waals surface area contributed by atoms with Crippen LogP contribution in [0.2, 0.25) is 0 Å². The number of carbonyl (C=O) groups is 3. The Bertz CT molecular complexity index is 1800. The standard InChI is InChI=1S/C32H34N6O7/c1-31(2,3)30(41)44-18-38-35-28(34-36-38)26-27(39)32(14-13-19-9-6-7-11-22(19)45-32)15-16-37(26)29(40)21-17-24(43-5)20-10-8-12-23(42-4)25(20)33-21/h6-12,17,26H,13-16,18H2,1-5H3. The van der Waals surface area contributed by atoms with Crippen LogP contribution in [0.3, 0.4) is 0 Å². The Morgan fingerprint density at radius 1 is 1.04 bits per heavy atom. The van der Waals surface area contributed by atoms with Crippen molar-refractivity contribution in [3.05, 3.63) is 65.6 Å². The van der Waals surface area contributed by atoms with E-state index in [0.29, 0.717) is 41.0 Å². The van der Waals surface area contributed by atoms with Crippen LogP contribution in [0.15, 0.2) is 48.5 Å². The Morgan fingerprint density at radius 3 is 2.58 bits per heavy atom. The third-order valence-electron chi connectivity index (χ3n) is 8.16. The molecule has 45 heavy (non-hydrogen) atoms. The lowest BCUT2D eigenvalue weighted by atomic mass is 9.78. The molecule has 2 unspecified atom stereocenters. The number of fused-ring (bicyclic) bond motifs is 2. The first-order chi connectivity index (χ1) is 21.5. The van der Waals surface area contributed by atoms with E-state index in [1.54, 1.807) is 32.9 Å². The van der Waals surface area contributed by atoms with E-state index in [1.807, 2.05) is 36.4 Å². The fourth-order valence-electron chi connectivity index (χ4n) is 5.71. The molecule has 2 aromatic heterocycles. The van der Waals surface area contributed by atoms with Crippen molar-refractivity contribution in [1.29, 1.82) is 0 Å². The van der Waals surface area contributed by atoms with Crippen molar-refractivity contribution >= 4 is 28.6 Å². The maximum absolute atomic E-state index is 14.5. The van der Waals surface area contributed by atoms with Crippen molar-refractivity contribution in [2.24, 2.45) is 5.41 Å². The highest BCUT2D eigenvalue weighted by atomic mass is 16.5. The van der Waals surface area contributed by atoms with Crippen LogP contribution in [-0.2, 0) is 27.5 Å². The molecule has 1 amide bonds. The van der Waals surface area contributed by atoms with Gasteiger partial charge in [0.1, 0.15) is 28.5 Å². The Morgan fingerprint density at radius 2 is 1.82 bits per heavy atom. The maximum Gasteiger partial charge on any atom is 0.313 e. The van der Waals surface area contributed by atoms with Crippen LogP contribution in [0.4, 0.5) is 0 Å². The van der Waals surface area contributed by atoms with E-state index < -0.39 is 28.9 Å². The number of hydrogen-bond donors (Lipinski definition) is 0. The molecule has 0 bridgehead atoms. The second-order valence-corrected chi connectivity index (χ2v) is 12.1. The summed E-state index contributed by atoms with van der Waals surface area (Å²) in [7, 11) is 3.03. The average Bonchev–Trinajstić information content (AvgIpc) is 3.51. The molecule has 234 valence electrons. The summed E-state index contributed by atoms with van der Waals surface area (Å²) in [6.07, 6.45) is 1.32.